The monoisotopic (exact) mass is 621 g/mol. The number of sulfonamides is 2. The normalized spacial score (nSPS) is 15.3. The number of hydrogen-bond donors (Lipinski definition) is 1. The fraction of sp³-hybridized carbons (Fsp3) is 0.208. The maximum absolute atomic E-state index is 13.1. The van der Waals surface area contributed by atoms with Crippen LogP contribution in [0, 0.1) is 0 Å². The minimum absolute atomic E-state index is 0.0105. The molecule has 1 aliphatic heterocycles. The number of rotatable bonds is 6. The third-order valence-electron chi connectivity index (χ3n) is 5.89. The second-order valence-electron chi connectivity index (χ2n) is 8.48. The van der Waals surface area contributed by atoms with Gasteiger partial charge in [-0.3, -0.25) is 9.52 Å². The lowest BCUT2D eigenvalue weighted by molar-refractivity contribution is -0.137. The summed E-state index contributed by atoms with van der Waals surface area (Å²) in [5, 5.41) is 0.296. The highest BCUT2D eigenvalue weighted by Crippen LogP contribution is 2.31. The molecule has 4 rings (SSSR count). The number of nitrogens with zero attached hydrogens (tertiary/aromatic N) is 2. The Morgan fingerprint density at radius 1 is 0.795 bits per heavy atom. The van der Waals surface area contributed by atoms with Gasteiger partial charge in [-0.1, -0.05) is 35.3 Å². The van der Waals surface area contributed by atoms with Crippen molar-refractivity contribution in [3.05, 3.63) is 87.9 Å². The van der Waals surface area contributed by atoms with Crippen molar-refractivity contribution in [1.82, 2.24) is 9.21 Å². The molecule has 0 radical (unpaired) electrons. The molecule has 1 fully saturated rings. The maximum atomic E-state index is 13.1. The average molecular weight is 622 g/mol. The molecule has 1 heterocycles. The summed E-state index contributed by atoms with van der Waals surface area (Å²) in [4.78, 5) is 14.1. The van der Waals surface area contributed by atoms with Crippen molar-refractivity contribution in [2.75, 3.05) is 30.9 Å². The SMILES string of the molecule is O=C(c1cccc(S(=O)(=O)Nc2cccc(C(F)(F)F)c2)c1)N1CCN(S(=O)(=O)c2ccc(Cl)c(Cl)c2)CC1. The molecule has 8 nitrogen and oxygen atoms in total. The van der Waals surface area contributed by atoms with Gasteiger partial charge in [-0.2, -0.15) is 17.5 Å². The van der Waals surface area contributed by atoms with E-state index in [0.29, 0.717) is 6.07 Å². The summed E-state index contributed by atoms with van der Waals surface area (Å²) in [6, 6.07) is 12.7. The molecule has 0 spiro atoms. The number of amides is 1. The largest absolute Gasteiger partial charge is 0.416 e. The van der Waals surface area contributed by atoms with Gasteiger partial charge in [-0.05, 0) is 54.6 Å². The van der Waals surface area contributed by atoms with Crippen LogP contribution in [0.1, 0.15) is 15.9 Å². The van der Waals surface area contributed by atoms with Crippen molar-refractivity contribution < 1.29 is 34.8 Å². The highest BCUT2D eigenvalue weighted by molar-refractivity contribution is 7.92. The van der Waals surface area contributed by atoms with Crippen LogP contribution in [0.15, 0.2) is 76.5 Å². The lowest BCUT2D eigenvalue weighted by Gasteiger charge is -2.34. The van der Waals surface area contributed by atoms with Crippen LogP contribution in [0.5, 0.6) is 0 Å². The van der Waals surface area contributed by atoms with Gasteiger partial charge in [0, 0.05) is 37.4 Å². The molecule has 1 saturated heterocycles. The van der Waals surface area contributed by atoms with Crippen molar-refractivity contribution in [3.63, 3.8) is 0 Å². The Morgan fingerprint density at radius 2 is 1.46 bits per heavy atom. The van der Waals surface area contributed by atoms with Crippen LogP contribution in [-0.4, -0.2) is 58.1 Å². The summed E-state index contributed by atoms with van der Waals surface area (Å²) in [7, 11) is -8.21. The maximum Gasteiger partial charge on any atom is 0.416 e. The Labute approximate surface area is 233 Å². The third kappa shape index (κ3) is 6.49. The summed E-state index contributed by atoms with van der Waals surface area (Å²) in [5.74, 6) is -0.530. The highest BCUT2D eigenvalue weighted by atomic mass is 35.5. The highest BCUT2D eigenvalue weighted by Gasteiger charge is 2.32. The number of alkyl halides is 3. The van der Waals surface area contributed by atoms with Gasteiger partial charge in [-0.25, -0.2) is 16.8 Å². The minimum atomic E-state index is -4.65. The first-order valence-corrected chi connectivity index (χ1v) is 14.9. The molecule has 1 N–H and O–H groups in total. The minimum Gasteiger partial charge on any atom is -0.336 e. The first-order valence-electron chi connectivity index (χ1n) is 11.2. The molecule has 0 bridgehead atoms. The molecule has 0 aliphatic carbocycles. The van der Waals surface area contributed by atoms with E-state index < -0.39 is 37.7 Å². The number of carbonyl (C=O) groups is 1. The molecular weight excluding hydrogens is 602 g/mol. The van der Waals surface area contributed by atoms with E-state index in [0.717, 1.165) is 18.2 Å². The van der Waals surface area contributed by atoms with E-state index in [9.17, 15) is 34.8 Å². The van der Waals surface area contributed by atoms with Crippen LogP contribution in [0.4, 0.5) is 18.9 Å². The van der Waals surface area contributed by atoms with Gasteiger partial charge in [-0.15, -0.1) is 0 Å². The lowest BCUT2D eigenvalue weighted by Crippen LogP contribution is -2.50. The average Bonchev–Trinajstić information content (AvgIpc) is 2.89. The van der Waals surface area contributed by atoms with Crippen LogP contribution in [0.2, 0.25) is 10.0 Å². The molecule has 0 aromatic heterocycles. The Hall–Kier alpha value is -2.84. The van der Waals surface area contributed by atoms with Crippen molar-refractivity contribution in [2.45, 2.75) is 16.0 Å². The Kier molecular flexibility index (Phi) is 8.20. The van der Waals surface area contributed by atoms with Crippen molar-refractivity contribution in [2.24, 2.45) is 0 Å². The van der Waals surface area contributed by atoms with E-state index in [4.69, 9.17) is 23.2 Å². The van der Waals surface area contributed by atoms with Crippen LogP contribution >= 0.6 is 23.2 Å². The van der Waals surface area contributed by atoms with Crippen molar-refractivity contribution >= 4 is 54.8 Å². The number of hydrogen-bond acceptors (Lipinski definition) is 5. The summed E-state index contributed by atoms with van der Waals surface area (Å²) in [6.45, 7) is 0.0600. The van der Waals surface area contributed by atoms with Gasteiger partial charge in [0.2, 0.25) is 10.0 Å². The second-order valence-corrected chi connectivity index (χ2v) is 12.9. The fourth-order valence-corrected chi connectivity index (χ4v) is 6.78. The van der Waals surface area contributed by atoms with Gasteiger partial charge >= 0.3 is 6.18 Å². The summed E-state index contributed by atoms with van der Waals surface area (Å²) < 4.78 is 93.9. The number of nitrogens with one attached hydrogen (secondary N) is 1. The predicted molar refractivity (Wildman–Crippen MR) is 140 cm³/mol. The number of benzene rings is 3. The third-order valence-corrected chi connectivity index (χ3v) is 9.90. The number of carbonyl (C=O) groups excluding carboxylic acids is 1. The van der Waals surface area contributed by atoms with E-state index in [2.05, 4.69) is 4.72 Å². The van der Waals surface area contributed by atoms with Gasteiger partial charge in [0.15, 0.2) is 0 Å². The molecule has 0 saturated carbocycles. The Balaban J connectivity index is 1.46. The standard InChI is InChI=1S/C24H20Cl2F3N3O5S2/c25-21-8-7-20(15-22(21)26)39(36,37)32-11-9-31(10-12-32)23(33)16-3-1-6-19(13-16)38(34,35)30-18-5-2-4-17(14-18)24(27,28)29/h1-8,13-15,30H,9-12H2. The summed E-state index contributed by atoms with van der Waals surface area (Å²) in [5.41, 5.74) is -1.30. The molecule has 0 atom stereocenters. The van der Waals surface area contributed by atoms with Crippen LogP contribution in [-0.2, 0) is 26.2 Å². The van der Waals surface area contributed by atoms with E-state index in [-0.39, 0.29) is 57.3 Å². The van der Waals surface area contributed by atoms with E-state index in [1.54, 1.807) is 0 Å². The summed E-state index contributed by atoms with van der Waals surface area (Å²) in [6.07, 6.45) is -4.65. The fourth-order valence-electron chi connectivity index (χ4n) is 3.87. The smallest absolute Gasteiger partial charge is 0.336 e. The molecule has 3 aromatic rings. The molecule has 3 aromatic carbocycles. The topological polar surface area (TPSA) is 104 Å². The van der Waals surface area contributed by atoms with E-state index >= 15 is 0 Å². The number of halogens is 5. The molecule has 39 heavy (non-hydrogen) atoms. The molecule has 15 heteroatoms. The zero-order valence-corrected chi connectivity index (χ0v) is 23.0. The van der Waals surface area contributed by atoms with Crippen LogP contribution in [0.25, 0.3) is 0 Å². The Bertz CT molecular complexity index is 1630. The number of anilines is 1. The second kappa shape index (κ2) is 11.0. The Morgan fingerprint density at radius 3 is 2.10 bits per heavy atom. The lowest BCUT2D eigenvalue weighted by atomic mass is 10.2. The molecular formula is C24H20Cl2F3N3O5S2. The van der Waals surface area contributed by atoms with Gasteiger partial charge in [0.1, 0.15) is 0 Å². The van der Waals surface area contributed by atoms with Crippen molar-refractivity contribution in [3.8, 4) is 0 Å². The van der Waals surface area contributed by atoms with E-state index in [1.165, 1.54) is 51.7 Å². The predicted octanol–water partition coefficient (Wildman–Crippen LogP) is 4.96. The van der Waals surface area contributed by atoms with E-state index in [1.807, 2.05) is 0 Å². The first-order chi connectivity index (χ1) is 18.2. The molecule has 208 valence electrons. The van der Waals surface area contributed by atoms with Gasteiger partial charge in [0.25, 0.3) is 15.9 Å². The van der Waals surface area contributed by atoms with Gasteiger partial charge in [0.05, 0.1) is 25.4 Å². The number of piperazine rings is 1. The van der Waals surface area contributed by atoms with Crippen molar-refractivity contribution in [1.29, 1.82) is 0 Å². The van der Waals surface area contributed by atoms with Gasteiger partial charge < -0.3 is 4.90 Å². The zero-order valence-electron chi connectivity index (χ0n) is 19.8. The molecule has 0 unspecified atom stereocenters. The first kappa shape index (κ1) is 29.2. The quantitative estimate of drug-likeness (QED) is 0.419. The molecule has 1 aliphatic rings. The van der Waals surface area contributed by atoms with Crippen LogP contribution in [0.3, 0.4) is 0 Å². The zero-order chi connectivity index (χ0) is 28.6. The van der Waals surface area contributed by atoms with Crippen LogP contribution < -0.4 is 4.72 Å². The summed E-state index contributed by atoms with van der Waals surface area (Å²) >= 11 is 11.8. The molecule has 1 amide bonds.